The van der Waals surface area contributed by atoms with Gasteiger partial charge in [-0.3, -0.25) is 9.59 Å². The zero-order valence-corrected chi connectivity index (χ0v) is 25.9. The summed E-state index contributed by atoms with van der Waals surface area (Å²) in [4.78, 5) is 29.6. The Morgan fingerprint density at radius 1 is 0.814 bits per heavy atom. The van der Waals surface area contributed by atoms with Gasteiger partial charge in [0.15, 0.2) is 0 Å². The largest absolute Gasteiger partial charge is 0.350 e. The van der Waals surface area contributed by atoms with Gasteiger partial charge in [0.25, 0.3) is 0 Å². The summed E-state index contributed by atoms with van der Waals surface area (Å²) in [6.07, 6.45) is 0.505. The quantitative estimate of drug-likeness (QED) is 0.193. The third kappa shape index (κ3) is 9.00. The number of carbonyl (C=O) groups excluding carboxylic acids is 2. The van der Waals surface area contributed by atoms with Crippen LogP contribution in [0.4, 0.5) is 0 Å². The Morgan fingerprint density at radius 3 is 2.05 bits per heavy atom. The molecule has 0 saturated heterocycles. The van der Waals surface area contributed by atoms with E-state index in [1.54, 1.807) is 36.1 Å². The molecule has 4 aromatic carbocycles. The summed E-state index contributed by atoms with van der Waals surface area (Å²) >= 11 is 6.12. The highest BCUT2D eigenvalue weighted by atomic mass is 35.5. The van der Waals surface area contributed by atoms with E-state index in [0.717, 1.165) is 22.3 Å². The van der Waals surface area contributed by atoms with E-state index in [2.05, 4.69) is 10.0 Å². The molecular formula is C34H36ClN3O4S. The summed E-state index contributed by atoms with van der Waals surface area (Å²) in [5, 5.41) is 3.62. The minimum absolute atomic E-state index is 0.126. The predicted molar refractivity (Wildman–Crippen MR) is 170 cm³/mol. The lowest BCUT2D eigenvalue weighted by Crippen LogP contribution is -2.43. The third-order valence-electron chi connectivity index (χ3n) is 7.04. The summed E-state index contributed by atoms with van der Waals surface area (Å²) in [6, 6.07) is 30.0. The van der Waals surface area contributed by atoms with Crippen LogP contribution in [0, 0.1) is 6.92 Å². The van der Waals surface area contributed by atoms with Crippen molar-refractivity contribution < 1.29 is 18.0 Å². The molecule has 0 aliphatic rings. The van der Waals surface area contributed by atoms with Gasteiger partial charge in [0.1, 0.15) is 6.04 Å². The number of aryl methyl sites for hydroxylation is 2. The van der Waals surface area contributed by atoms with Crippen molar-refractivity contribution in [3.8, 4) is 0 Å². The van der Waals surface area contributed by atoms with Crippen molar-refractivity contribution in [1.82, 2.24) is 14.9 Å². The van der Waals surface area contributed by atoms with Crippen LogP contribution >= 0.6 is 11.6 Å². The van der Waals surface area contributed by atoms with Gasteiger partial charge in [-0.25, -0.2) is 13.1 Å². The summed E-state index contributed by atoms with van der Waals surface area (Å²) in [7, 11) is -3.57. The Balaban J connectivity index is 1.59. The molecule has 2 amide bonds. The smallest absolute Gasteiger partial charge is 0.247 e. The van der Waals surface area contributed by atoms with Crippen molar-refractivity contribution in [1.29, 1.82) is 0 Å². The van der Waals surface area contributed by atoms with Gasteiger partial charge in [-0.15, -0.1) is 0 Å². The molecule has 0 spiro atoms. The van der Waals surface area contributed by atoms with Crippen LogP contribution in [-0.2, 0) is 39.1 Å². The summed E-state index contributed by atoms with van der Waals surface area (Å²) < 4.78 is 27.1. The number of halogens is 1. The number of sulfonamides is 1. The number of hydrogen-bond donors (Lipinski definition) is 2. The Kier molecular flexibility index (Phi) is 11.1. The van der Waals surface area contributed by atoms with Gasteiger partial charge in [-0.1, -0.05) is 103 Å². The highest BCUT2D eigenvalue weighted by Crippen LogP contribution is 2.26. The molecule has 224 valence electrons. The molecule has 0 saturated carbocycles. The first kappa shape index (κ1) is 31.9. The molecule has 0 aliphatic carbocycles. The van der Waals surface area contributed by atoms with Gasteiger partial charge in [0, 0.05) is 31.1 Å². The van der Waals surface area contributed by atoms with Crippen molar-refractivity contribution in [2.24, 2.45) is 0 Å². The van der Waals surface area contributed by atoms with E-state index < -0.39 is 16.1 Å². The fraction of sp³-hybridized carbons (Fsp3) is 0.235. The summed E-state index contributed by atoms with van der Waals surface area (Å²) in [5.74, 6) is -0.495. The predicted octanol–water partition coefficient (Wildman–Crippen LogP) is 5.97. The van der Waals surface area contributed by atoms with E-state index in [9.17, 15) is 18.0 Å². The SMILES string of the molecule is CCNS(=O)(=O)c1ccc(CCC(=O)N(Cc2ccc(Cl)cc2)C(C(=O)NCc2ccc(C)cc2)c2ccccc2)cc1. The second-order valence-electron chi connectivity index (χ2n) is 10.3. The Bertz CT molecular complexity index is 1610. The van der Waals surface area contributed by atoms with Crippen LogP contribution in [0.5, 0.6) is 0 Å². The molecule has 43 heavy (non-hydrogen) atoms. The van der Waals surface area contributed by atoms with Gasteiger partial charge in [-0.2, -0.15) is 0 Å². The molecular weight excluding hydrogens is 582 g/mol. The van der Waals surface area contributed by atoms with Crippen LogP contribution < -0.4 is 10.0 Å². The topological polar surface area (TPSA) is 95.6 Å². The minimum atomic E-state index is -3.57. The first-order valence-electron chi connectivity index (χ1n) is 14.2. The maximum absolute atomic E-state index is 13.9. The van der Waals surface area contributed by atoms with Crippen LogP contribution in [0.1, 0.15) is 47.2 Å². The van der Waals surface area contributed by atoms with Crippen LogP contribution in [0.3, 0.4) is 0 Å². The molecule has 0 radical (unpaired) electrons. The molecule has 9 heteroatoms. The minimum Gasteiger partial charge on any atom is -0.350 e. The zero-order chi connectivity index (χ0) is 30.8. The van der Waals surface area contributed by atoms with Gasteiger partial charge in [-0.05, 0) is 59.9 Å². The molecule has 7 nitrogen and oxygen atoms in total. The van der Waals surface area contributed by atoms with Gasteiger partial charge < -0.3 is 10.2 Å². The Morgan fingerprint density at radius 2 is 1.42 bits per heavy atom. The molecule has 0 bridgehead atoms. The number of benzene rings is 4. The normalized spacial score (nSPS) is 12.0. The van der Waals surface area contributed by atoms with E-state index >= 15 is 0 Å². The van der Waals surface area contributed by atoms with E-state index in [4.69, 9.17) is 11.6 Å². The van der Waals surface area contributed by atoms with Crippen molar-refractivity contribution >= 4 is 33.4 Å². The first-order valence-corrected chi connectivity index (χ1v) is 16.0. The number of nitrogens with zero attached hydrogens (tertiary/aromatic N) is 1. The third-order valence-corrected chi connectivity index (χ3v) is 8.86. The Hall–Kier alpha value is -3.98. The van der Waals surface area contributed by atoms with Gasteiger partial charge in [0.2, 0.25) is 21.8 Å². The molecule has 0 aliphatic heterocycles. The standard InChI is InChI=1S/C34H36ClN3O4S/c1-3-37-43(41,42)31-20-15-26(16-21-31)17-22-32(39)38(24-28-13-18-30(35)19-14-28)33(29-7-5-4-6-8-29)34(40)36-23-27-11-9-25(2)10-12-27/h4-16,18-21,33,37H,3,17,22-24H2,1-2H3,(H,36,40). The summed E-state index contributed by atoms with van der Waals surface area (Å²) in [6.45, 7) is 4.55. The molecule has 1 unspecified atom stereocenters. The average molecular weight is 618 g/mol. The highest BCUT2D eigenvalue weighted by molar-refractivity contribution is 7.89. The van der Waals surface area contributed by atoms with Crippen molar-refractivity contribution in [2.75, 3.05) is 6.54 Å². The molecule has 2 N–H and O–H groups in total. The van der Waals surface area contributed by atoms with E-state index in [0.29, 0.717) is 30.1 Å². The van der Waals surface area contributed by atoms with Crippen LogP contribution in [-0.4, -0.2) is 31.7 Å². The second kappa shape index (κ2) is 15.0. The van der Waals surface area contributed by atoms with Crippen molar-refractivity contribution in [3.63, 3.8) is 0 Å². The molecule has 0 fully saturated rings. The lowest BCUT2D eigenvalue weighted by Gasteiger charge is -2.32. The highest BCUT2D eigenvalue weighted by Gasteiger charge is 2.31. The number of rotatable bonds is 13. The van der Waals surface area contributed by atoms with E-state index in [1.807, 2.05) is 73.7 Å². The summed E-state index contributed by atoms with van der Waals surface area (Å²) in [5.41, 5.74) is 4.44. The first-order chi connectivity index (χ1) is 20.7. The van der Waals surface area contributed by atoms with Crippen molar-refractivity contribution in [3.05, 3.63) is 136 Å². The Labute approximate surface area is 258 Å². The fourth-order valence-electron chi connectivity index (χ4n) is 4.71. The van der Waals surface area contributed by atoms with E-state index in [-0.39, 0.29) is 29.7 Å². The lowest BCUT2D eigenvalue weighted by atomic mass is 10.0. The lowest BCUT2D eigenvalue weighted by molar-refractivity contribution is -0.141. The number of hydrogen-bond acceptors (Lipinski definition) is 4. The maximum atomic E-state index is 13.9. The second-order valence-corrected chi connectivity index (χ2v) is 12.5. The monoisotopic (exact) mass is 617 g/mol. The van der Waals surface area contributed by atoms with Crippen molar-refractivity contribution in [2.45, 2.75) is 50.7 Å². The molecule has 4 aromatic rings. The number of nitrogens with one attached hydrogen (secondary N) is 2. The van der Waals surface area contributed by atoms with Crippen LogP contribution in [0.2, 0.25) is 5.02 Å². The fourth-order valence-corrected chi connectivity index (χ4v) is 5.88. The molecule has 0 heterocycles. The average Bonchev–Trinajstić information content (AvgIpc) is 3.01. The molecule has 0 aromatic heterocycles. The zero-order valence-electron chi connectivity index (χ0n) is 24.3. The van der Waals surface area contributed by atoms with Crippen LogP contribution in [0.15, 0.2) is 108 Å². The molecule has 1 atom stereocenters. The van der Waals surface area contributed by atoms with Crippen LogP contribution in [0.25, 0.3) is 0 Å². The van der Waals surface area contributed by atoms with Gasteiger partial charge >= 0.3 is 0 Å². The van der Waals surface area contributed by atoms with Gasteiger partial charge in [0.05, 0.1) is 4.90 Å². The van der Waals surface area contributed by atoms with E-state index in [1.165, 1.54) is 12.1 Å². The number of amides is 2. The maximum Gasteiger partial charge on any atom is 0.247 e. The molecule has 4 rings (SSSR count). The number of carbonyl (C=O) groups is 2.